The fraction of sp³-hybridized carbons (Fsp3) is 0.462. The van der Waals surface area contributed by atoms with Gasteiger partial charge in [-0.05, 0) is 18.9 Å². The Morgan fingerprint density at radius 3 is 2.78 bits per heavy atom. The largest absolute Gasteiger partial charge is 0.369 e. The van der Waals surface area contributed by atoms with Crippen molar-refractivity contribution in [2.75, 3.05) is 0 Å². The molecule has 0 bridgehead atoms. The van der Waals surface area contributed by atoms with Crippen LogP contribution in [-0.2, 0) is 17.8 Å². The van der Waals surface area contributed by atoms with Crippen LogP contribution in [0.3, 0.4) is 0 Å². The zero-order chi connectivity index (χ0) is 13.3. The number of pyridine rings is 1. The number of carbonyl (C=O) groups is 2. The van der Waals surface area contributed by atoms with E-state index in [-0.39, 0.29) is 17.9 Å². The number of aromatic nitrogens is 1. The van der Waals surface area contributed by atoms with Gasteiger partial charge in [-0.1, -0.05) is 6.92 Å². The molecule has 0 aromatic carbocycles. The number of hydrogen-bond acceptors (Lipinski definition) is 3. The second-order valence-electron chi connectivity index (χ2n) is 4.72. The van der Waals surface area contributed by atoms with Gasteiger partial charge in [-0.3, -0.25) is 14.4 Å². The quantitative estimate of drug-likeness (QED) is 0.845. The van der Waals surface area contributed by atoms with Crippen molar-refractivity contribution in [3.8, 4) is 0 Å². The molecule has 1 aromatic heterocycles. The third-order valence-electron chi connectivity index (χ3n) is 3.36. The number of rotatable bonds is 3. The molecule has 0 spiro atoms. The average molecular weight is 248 g/mol. The normalized spacial score (nSPS) is 16.2. The number of ketones is 1. The molecule has 1 atom stereocenters. The van der Waals surface area contributed by atoms with Gasteiger partial charge in [-0.2, -0.15) is 0 Å². The van der Waals surface area contributed by atoms with E-state index >= 15 is 0 Å². The van der Waals surface area contributed by atoms with Gasteiger partial charge in [-0.25, -0.2) is 0 Å². The minimum atomic E-state index is -0.443. The fourth-order valence-electron chi connectivity index (χ4n) is 2.26. The molecule has 2 N–H and O–H groups in total. The van der Waals surface area contributed by atoms with Crippen molar-refractivity contribution in [3.63, 3.8) is 0 Å². The summed E-state index contributed by atoms with van der Waals surface area (Å²) in [6.07, 6.45) is 1.97. The molecule has 1 aliphatic rings. The Kier molecular flexibility index (Phi) is 3.32. The number of nitrogens with zero attached hydrogens (tertiary/aromatic N) is 1. The number of amides is 1. The van der Waals surface area contributed by atoms with Crippen LogP contribution in [0.4, 0.5) is 0 Å². The maximum absolute atomic E-state index is 11.9. The summed E-state index contributed by atoms with van der Waals surface area (Å²) < 4.78 is 1.52. The molecule has 5 nitrogen and oxygen atoms in total. The van der Waals surface area contributed by atoms with Crippen molar-refractivity contribution in [2.24, 2.45) is 11.7 Å². The average Bonchev–Trinajstić information content (AvgIpc) is 2.32. The zero-order valence-electron chi connectivity index (χ0n) is 10.3. The van der Waals surface area contributed by atoms with Gasteiger partial charge in [0.15, 0.2) is 5.78 Å². The highest BCUT2D eigenvalue weighted by Crippen LogP contribution is 2.20. The Bertz CT molecular complexity index is 560. The van der Waals surface area contributed by atoms with Crippen molar-refractivity contribution in [3.05, 3.63) is 33.7 Å². The number of hydrogen-bond donors (Lipinski definition) is 1. The van der Waals surface area contributed by atoms with Gasteiger partial charge in [0.1, 0.15) is 0 Å². The highest BCUT2D eigenvalue weighted by Gasteiger charge is 2.22. The molecule has 1 aliphatic carbocycles. The highest BCUT2D eigenvalue weighted by molar-refractivity contribution is 5.98. The van der Waals surface area contributed by atoms with E-state index in [1.54, 1.807) is 13.0 Å². The van der Waals surface area contributed by atoms with Crippen LogP contribution >= 0.6 is 0 Å². The summed E-state index contributed by atoms with van der Waals surface area (Å²) in [5.74, 6) is -0.801. The van der Waals surface area contributed by atoms with Crippen LogP contribution in [0.5, 0.6) is 0 Å². The molecule has 1 aromatic rings. The van der Waals surface area contributed by atoms with Gasteiger partial charge in [0.25, 0.3) is 5.56 Å². The van der Waals surface area contributed by atoms with E-state index in [1.165, 1.54) is 10.6 Å². The minimum absolute atomic E-state index is 0.0664. The van der Waals surface area contributed by atoms with Crippen molar-refractivity contribution in [2.45, 2.75) is 32.7 Å². The van der Waals surface area contributed by atoms with E-state index < -0.39 is 11.8 Å². The van der Waals surface area contributed by atoms with Gasteiger partial charge in [0.05, 0.1) is 5.92 Å². The maximum atomic E-state index is 11.9. The summed E-state index contributed by atoms with van der Waals surface area (Å²) in [5, 5.41) is 0. The number of nitrogens with two attached hydrogens (primary N) is 1. The summed E-state index contributed by atoms with van der Waals surface area (Å²) in [7, 11) is 0. The van der Waals surface area contributed by atoms with Gasteiger partial charge in [0.2, 0.25) is 5.91 Å². The molecule has 0 fully saturated rings. The highest BCUT2D eigenvalue weighted by atomic mass is 16.1. The number of fused-ring (bicyclic) bond motifs is 1. The first-order chi connectivity index (χ1) is 8.50. The second-order valence-corrected chi connectivity index (χ2v) is 4.72. The maximum Gasteiger partial charge on any atom is 0.250 e. The molecule has 1 unspecified atom stereocenters. The van der Waals surface area contributed by atoms with Gasteiger partial charge < -0.3 is 10.3 Å². The number of Topliss-reactive ketones (excluding diaryl/α,β-unsaturated/α-hetero) is 1. The molecule has 5 heteroatoms. The summed E-state index contributed by atoms with van der Waals surface area (Å²) >= 11 is 0. The first-order valence-electron chi connectivity index (χ1n) is 6.06. The Morgan fingerprint density at radius 1 is 1.39 bits per heavy atom. The van der Waals surface area contributed by atoms with Crippen LogP contribution in [0, 0.1) is 5.92 Å². The van der Waals surface area contributed by atoms with E-state index in [2.05, 4.69) is 0 Å². The van der Waals surface area contributed by atoms with E-state index in [1.807, 2.05) is 0 Å². The lowest BCUT2D eigenvalue weighted by Crippen LogP contribution is -2.33. The van der Waals surface area contributed by atoms with Crippen LogP contribution in [0.1, 0.15) is 35.8 Å². The molecule has 0 radical (unpaired) electrons. The smallest absolute Gasteiger partial charge is 0.250 e. The summed E-state index contributed by atoms with van der Waals surface area (Å²) in [6, 6.07) is 2.97. The van der Waals surface area contributed by atoms with Crippen LogP contribution in [0.2, 0.25) is 0 Å². The summed E-state index contributed by atoms with van der Waals surface area (Å²) in [6.45, 7) is 1.92. The zero-order valence-corrected chi connectivity index (χ0v) is 10.3. The van der Waals surface area contributed by atoms with Gasteiger partial charge >= 0.3 is 0 Å². The Balaban J connectivity index is 2.46. The third kappa shape index (κ3) is 2.20. The molecule has 18 heavy (non-hydrogen) atoms. The van der Waals surface area contributed by atoms with Gasteiger partial charge in [0, 0.05) is 30.3 Å². The molecule has 0 saturated carbocycles. The second kappa shape index (κ2) is 4.76. The van der Waals surface area contributed by atoms with E-state index in [0.29, 0.717) is 18.4 Å². The van der Waals surface area contributed by atoms with Gasteiger partial charge in [-0.15, -0.1) is 0 Å². The van der Waals surface area contributed by atoms with Crippen molar-refractivity contribution in [1.29, 1.82) is 0 Å². The molecule has 96 valence electrons. The van der Waals surface area contributed by atoms with E-state index in [0.717, 1.165) is 12.1 Å². The molecule has 1 amide bonds. The Labute approximate surface area is 105 Å². The fourth-order valence-corrected chi connectivity index (χ4v) is 2.26. The lowest BCUT2D eigenvalue weighted by atomic mass is 9.94. The molecule has 0 saturated heterocycles. The lowest BCUT2D eigenvalue weighted by Gasteiger charge is -2.21. The Hall–Kier alpha value is -1.91. The predicted octanol–water partition coefficient (Wildman–Crippen LogP) is 0.489. The minimum Gasteiger partial charge on any atom is -0.369 e. The monoisotopic (exact) mass is 248 g/mol. The molecular weight excluding hydrogens is 232 g/mol. The predicted molar refractivity (Wildman–Crippen MR) is 66.3 cm³/mol. The third-order valence-corrected chi connectivity index (χ3v) is 3.36. The van der Waals surface area contributed by atoms with E-state index in [4.69, 9.17) is 5.73 Å². The standard InChI is InChI=1S/C13H16N2O3/c1-8(13(14)18)7-15-10-3-2-4-11(16)9(10)5-6-12(15)17/h5-6,8H,2-4,7H2,1H3,(H2,14,18). The van der Waals surface area contributed by atoms with Crippen LogP contribution in [0.15, 0.2) is 16.9 Å². The summed E-state index contributed by atoms with van der Waals surface area (Å²) in [5.41, 5.74) is 6.38. The van der Waals surface area contributed by atoms with E-state index in [9.17, 15) is 14.4 Å². The van der Waals surface area contributed by atoms with Crippen molar-refractivity contribution >= 4 is 11.7 Å². The molecule has 1 heterocycles. The van der Waals surface area contributed by atoms with Crippen LogP contribution < -0.4 is 11.3 Å². The number of carbonyl (C=O) groups excluding carboxylic acids is 2. The van der Waals surface area contributed by atoms with Crippen LogP contribution in [-0.4, -0.2) is 16.3 Å². The Morgan fingerprint density at radius 2 is 2.11 bits per heavy atom. The summed E-state index contributed by atoms with van der Waals surface area (Å²) in [4.78, 5) is 34.7. The molecule has 2 rings (SSSR count). The van der Waals surface area contributed by atoms with Crippen LogP contribution in [0.25, 0.3) is 0 Å². The molecule has 0 aliphatic heterocycles. The first kappa shape index (κ1) is 12.5. The van der Waals surface area contributed by atoms with Crippen molar-refractivity contribution < 1.29 is 9.59 Å². The molecular formula is C13H16N2O3. The first-order valence-corrected chi connectivity index (χ1v) is 6.06. The topological polar surface area (TPSA) is 82.2 Å². The number of primary amides is 1. The SMILES string of the molecule is CC(Cn1c2c(ccc1=O)C(=O)CCC2)C(N)=O. The van der Waals surface area contributed by atoms with Crippen molar-refractivity contribution in [1.82, 2.24) is 4.57 Å². The lowest BCUT2D eigenvalue weighted by molar-refractivity contribution is -0.121.